The topological polar surface area (TPSA) is 83.9 Å². The maximum atomic E-state index is 10.8. The Labute approximate surface area is 73.3 Å². The fourth-order valence-corrected chi connectivity index (χ4v) is 0.715. The lowest BCUT2D eigenvalue weighted by Gasteiger charge is -2.11. The molecule has 1 aliphatic rings. The fraction of sp³-hybridized carbons (Fsp3) is 0.286. The molecule has 0 fully saturated rings. The minimum Gasteiger partial charge on any atom is -0.396 e. The van der Waals surface area contributed by atoms with Crippen LogP contribution in [-0.4, -0.2) is 34.6 Å². The molecule has 1 aliphatic heterocycles. The first-order chi connectivity index (χ1) is 6.15. The molecule has 0 aromatic rings. The molecular weight excluding hydrogens is 178 g/mol. The van der Waals surface area contributed by atoms with E-state index in [0.29, 0.717) is 5.06 Å². The Morgan fingerprint density at radius 1 is 1.38 bits per heavy atom. The van der Waals surface area contributed by atoms with Crippen molar-refractivity contribution in [3.63, 3.8) is 0 Å². The second-order valence-corrected chi connectivity index (χ2v) is 2.24. The second-order valence-electron chi connectivity index (χ2n) is 2.24. The third-order valence-corrected chi connectivity index (χ3v) is 1.28. The van der Waals surface area contributed by atoms with Crippen LogP contribution in [0.25, 0.3) is 0 Å². The minimum atomic E-state index is -0.826. The first-order valence-electron chi connectivity index (χ1n) is 3.53. The predicted octanol–water partition coefficient (Wildman–Crippen LogP) is -1.25. The van der Waals surface area contributed by atoms with Crippen molar-refractivity contribution in [3.05, 3.63) is 12.2 Å². The van der Waals surface area contributed by atoms with E-state index in [1.54, 1.807) is 0 Å². The van der Waals surface area contributed by atoms with Gasteiger partial charge in [-0.25, -0.2) is 4.79 Å². The number of hydroxylamine groups is 2. The number of nitrogens with zero attached hydrogens (tertiary/aromatic N) is 1. The van der Waals surface area contributed by atoms with Gasteiger partial charge in [-0.2, -0.15) is 0 Å². The van der Waals surface area contributed by atoms with Crippen molar-refractivity contribution in [2.24, 2.45) is 0 Å². The van der Waals surface area contributed by atoms with Gasteiger partial charge in [-0.3, -0.25) is 9.59 Å². The molecule has 1 N–H and O–H groups in total. The zero-order chi connectivity index (χ0) is 9.84. The van der Waals surface area contributed by atoms with Crippen LogP contribution < -0.4 is 0 Å². The molecule has 6 nitrogen and oxygen atoms in total. The number of carbonyl (C=O) groups excluding carboxylic acids is 3. The summed E-state index contributed by atoms with van der Waals surface area (Å²) in [4.78, 5) is 36.7. The summed E-state index contributed by atoms with van der Waals surface area (Å²) in [5, 5.41) is 8.68. The van der Waals surface area contributed by atoms with Crippen molar-refractivity contribution < 1.29 is 24.3 Å². The summed E-state index contributed by atoms with van der Waals surface area (Å²) in [6.07, 6.45) is 1.74. The third kappa shape index (κ3) is 2.12. The van der Waals surface area contributed by atoms with Crippen molar-refractivity contribution in [1.82, 2.24) is 5.06 Å². The van der Waals surface area contributed by atoms with Crippen LogP contribution in [-0.2, 0) is 19.2 Å². The molecule has 6 heteroatoms. The van der Waals surface area contributed by atoms with Gasteiger partial charge in [0.05, 0.1) is 13.0 Å². The number of hydrogen-bond acceptors (Lipinski definition) is 5. The molecule has 0 bridgehead atoms. The molecule has 0 aromatic heterocycles. The molecule has 0 aromatic carbocycles. The lowest BCUT2D eigenvalue weighted by molar-refractivity contribution is -0.196. The average Bonchev–Trinajstić information content (AvgIpc) is 2.36. The highest BCUT2D eigenvalue weighted by molar-refractivity contribution is 6.12. The van der Waals surface area contributed by atoms with E-state index in [4.69, 9.17) is 5.11 Å². The maximum Gasteiger partial charge on any atom is 0.335 e. The van der Waals surface area contributed by atoms with Crippen molar-refractivity contribution in [1.29, 1.82) is 0 Å². The third-order valence-electron chi connectivity index (χ3n) is 1.28. The number of rotatable bonds is 3. The van der Waals surface area contributed by atoms with Gasteiger partial charge in [-0.1, -0.05) is 5.06 Å². The van der Waals surface area contributed by atoms with E-state index < -0.39 is 17.8 Å². The smallest absolute Gasteiger partial charge is 0.335 e. The van der Waals surface area contributed by atoms with Gasteiger partial charge < -0.3 is 9.94 Å². The van der Waals surface area contributed by atoms with Gasteiger partial charge in [0.2, 0.25) is 0 Å². The largest absolute Gasteiger partial charge is 0.396 e. The lowest BCUT2D eigenvalue weighted by atomic mass is 10.5. The standard InChI is InChI=1S/C7H7NO5/c9-4-3-7(12)13-8-5(10)1-2-6(8)11/h1-2,9H,3-4H2. The maximum absolute atomic E-state index is 10.8. The molecule has 0 spiro atoms. The van der Waals surface area contributed by atoms with Gasteiger partial charge >= 0.3 is 5.97 Å². The summed E-state index contributed by atoms with van der Waals surface area (Å²) in [7, 11) is 0. The Morgan fingerprint density at radius 3 is 2.38 bits per heavy atom. The molecule has 0 saturated carbocycles. The van der Waals surface area contributed by atoms with E-state index in [2.05, 4.69) is 4.84 Å². The first kappa shape index (κ1) is 9.40. The van der Waals surface area contributed by atoms with Gasteiger partial charge in [0, 0.05) is 12.2 Å². The zero-order valence-corrected chi connectivity index (χ0v) is 6.60. The fourth-order valence-electron chi connectivity index (χ4n) is 0.715. The summed E-state index contributed by atoms with van der Waals surface area (Å²) < 4.78 is 0. The van der Waals surface area contributed by atoms with Crippen LogP contribution in [0, 0.1) is 0 Å². The van der Waals surface area contributed by atoms with Crippen LogP contribution in [0.2, 0.25) is 0 Å². The van der Waals surface area contributed by atoms with Crippen LogP contribution in [0.1, 0.15) is 6.42 Å². The summed E-state index contributed by atoms with van der Waals surface area (Å²) in [5.74, 6) is -2.22. The monoisotopic (exact) mass is 185 g/mol. The highest BCUT2D eigenvalue weighted by atomic mass is 16.7. The van der Waals surface area contributed by atoms with Gasteiger partial charge in [-0.05, 0) is 0 Å². The Morgan fingerprint density at radius 2 is 1.92 bits per heavy atom. The van der Waals surface area contributed by atoms with Crippen LogP contribution in [0.3, 0.4) is 0 Å². The predicted molar refractivity (Wildman–Crippen MR) is 38.8 cm³/mol. The zero-order valence-electron chi connectivity index (χ0n) is 6.60. The molecular formula is C7H7NO5. The second kappa shape index (κ2) is 3.81. The van der Waals surface area contributed by atoms with Crippen LogP contribution in [0.4, 0.5) is 0 Å². The van der Waals surface area contributed by atoms with Crippen LogP contribution in [0.15, 0.2) is 12.2 Å². The van der Waals surface area contributed by atoms with E-state index in [0.717, 1.165) is 12.2 Å². The molecule has 0 atom stereocenters. The van der Waals surface area contributed by atoms with E-state index >= 15 is 0 Å². The molecule has 0 saturated heterocycles. The summed E-state index contributed by atoms with van der Waals surface area (Å²) in [5.41, 5.74) is 0. The van der Waals surface area contributed by atoms with Crippen LogP contribution in [0.5, 0.6) is 0 Å². The Hall–Kier alpha value is -1.69. The van der Waals surface area contributed by atoms with Crippen molar-refractivity contribution in [2.75, 3.05) is 6.61 Å². The van der Waals surface area contributed by atoms with E-state index in [1.807, 2.05) is 0 Å². The number of imide groups is 1. The molecule has 0 aliphatic carbocycles. The van der Waals surface area contributed by atoms with Crippen molar-refractivity contribution in [2.45, 2.75) is 6.42 Å². The lowest BCUT2D eigenvalue weighted by Crippen LogP contribution is -2.32. The minimum absolute atomic E-state index is 0.253. The van der Waals surface area contributed by atoms with Gasteiger partial charge in [-0.15, -0.1) is 0 Å². The molecule has 0 radical (unpaired) electrons. The Balaban J connectivity index is 2.50. The summed E-state index contributed by atoms with van der Waals surface area (Å²) in [6.45, 7) is -0.386. The number of amides is 2. The van der Waals surface area contributed by atoms with E-state index in [-0.39, 0.29) is 13.0 Å². The molecule has 70 valence electrons. The van der Waals surface area contributed by atoms with Gasteiger partial charge in [0.25, 0.3) is 11.8 Å². The highest BCUT2D eigenvalue weighted by Crippen LogP contribution is 2.04. The number of aliphatic hydroxyl groups excluding tert-OH is 1. The van der Waals surface area contributed by atoms with Gasteiger partial charge in [0.1, 0.15) is 0 Å². The van der Waals surface area contributed by atoms with Crippen molar-refractivity contribution in [3.8, 4) is 0 Å². The Bertz CT molecular complexity index is 265. The molecule has 2 amide bonds. The number of hydrogen-bond donors (Lipinski definition) is 1. The molecule has 1 rings (SSSR count). The summed E-state index contributed by atoms with van der Waals surface area (Å²) in [6, 6.07) is 0. The highest BCUT2D eigenvalue weighted by Gasteiger charge is 2.27. The van der Waals surface area contributed by atoms with Crippen molar-refractivity contribution >= 4 is 17.8 Å². The number of carbonyl (C=O) groups is 3. The first-order valence-corrected chi connectivity index (χ1v) is 3.53. The Kier molecular flexibility index (Phi) is 2.76. The summed E-state index contributed by atoms with van der Waals surface area (Å²) >= 11 is 0. The molecule has 1 heterocycles. The SMILES string of the molecule is O=C(CCO)ON1C(=O)C=CC1=O. The molecule has 0 unspecified atom stereocenters. The van der Waals surface area contributed by atoms with Gasteiger partial charge in [0.15, 0.2) is 0 Å². The van der Waals surface area contributed by atoms with E-state index in [9.17, 15) is 14.4 Å². The quantitative estimate of drug-likeness (QED) is 0.555. The number of aliphatic hydroxyl groups is 1. The van der Waals surface area contributed by atoms with Crippen LogP contribution >= 0.6 is 0 Å². The molecule has 13 heavy (non-hydrogen) atoms. The van der Waals surface area contributed by atoms with E-state index in [1.165, 1.54) is 0 Å². The average molecular weight is 185 g/mol. The normalized spacial score (nSPS) is 15.3.